The Morgan fingerprint density at radius 1 is 1.00 bits per heavy atom. The molecule has 13 heteroatoms. The van der Waals surface area contributed by atoms with Crippen molar-refractivity contribution in [2.75, 3.05) is 23.7 Å². The van der Waals surface area contributed by atoms with Gasteiger partial charge in [0.1, 0.15) is 25.9 Å². The first-order chi connectivity index (χ1) is 19.5. The van der Waals surface area contributed by atoms with Crippen molar-refractivity contribution in [3.05, 3.63) is 108 Å². The van der Waals surface area contributed by atoms with Gasteiger partial charge in [0.15, 0.2) is 12.3 Å². The Kier molecular flexibility index (Phi) is 15.6. The van der Waals surface area contributed by atoms with Crippen LogP contribution < -0.4 is 93.6 Å². The van der Waals surface area contributed by atoms with E-state index in [0.29, 0.717) is 6.54 Å². The van der Waals surface area contributed by atoms with Gasteiger partial charge in [0.05, 0.1) is 10.6 Å². The second kappa shape index (κ2) is 16.4. The summed E-state index contributed by atoms with van der Waals surface area (Å²) in [6.07, 6.45) is 11.6. The Bertz CT molecular complexity index is 1790. The van der Waals surface area contributed by atoms with Crippen LogP contribution in [0.2, 0.25) is 0 Å². The van der Waals surface area contributed by atoms with Gasteiger partial charge in [0, 0.05) is 28.3 Å². The molecule has 2 heterocycles. The van der Waals surface area contributed by atoms with Gasteiger partial charge in [-0.1, -0.05) is 63.1 Å². The van der Waals surface area contributed by atoms with E-state index in [1.807, 2.05) is 78.8 Å². The minimum atomic E-state index is -4.57. The molecule has 0 saturated heterocycles. The zero-order chi connectivity index (χ0) is 31.1. The molecule has 0 saturated carbocycles. The van der Waals surface area contributed by atoms with E-state index in [2.05, 4.69) is 26.8 Å². The quantitative estimate of drug-likeness (QED) is 0.0872. The number of nitrogens with zero attached hydrogens (tertiary/aromatic N) is 2. The standard InChI is InChI=1S/C32H37N2O6S2.3Na/c1-7-33-28-19-18-24(42(38,39)40)22-26(28)32(5,6)29(33)16-10-12-23(2)13-11-17-30-31(3,4)25-14-8-9-15-27(25)34(30)20-21-41(35,36)37;;;/h9-19,22H,1,7,20-21H2,2-6H3,(H,35,36,37)(H,38,39,40);;;/q-1;3*+1/p-2. The smallest absolute Gasteiger partial charge is 0.748 e. The van der Waals surface area contributed by atoms with Gasteiger partial charge in [0.25, 0.3) is 0 Å². The third-order valence-electron chi connectivity index (χ3n) is 7.90. The van der Waals surface area contributed by atoms with Crippen LogP contribution in [-0.2, 0) is 31.1 Å². The number of benzene rings is 2. The Balaban J connectivity index is 0.00000337. The van der Waals surface area contributed by atoms with Crippen LogP contribution in [0, 0.1) is 13.0 Å². The molecule has 2 aromatic carbocycles. The monoisotopic (exact) mass is 676 g/mol. The van der Waals surface area contributed by atoms with Gasteiger partial charge < -0.3 is 20.9 Å². The van der Waals surface area contributed by atoms with Crippen LogP contribution in [0.25, 0.3) is 0 Å². The predicted octanol–water partition coefficient (Wildman–Crippen LogP) is -4.10. The number of anilines is 1. The van der Waals surface area contributed by atoms with Gasteiger partial charge in [-0.3, -0.25) is 0 Å². The van der Waals surface area contributed by atoms with E-state index in [4.69, 9.17) is 0 Å². The van der Waals surface area contributed by atoms with E-state index < -0.39 is 36.8 Å². The predicted molar refractivity (Wildman–Crippen MR) is 163 cm³/mol. The first kappa shape index (κ1) is 42.7. The van der Waals surface area contributed by atoms with Gasteiger partial charge in [-0.15, -0.1) is 12.6 Å². The molecule has 45 heavy (non-hydrogen) atoms. The van der Waals surface area contributed by atoms with Crippen molar-refractivity contribution < 1.29 is 119 Å². The molecular weight excluding hydrogens is 641 g/mol. The molecule has 0 spiro atoms. The summed E-state index contributed by atoms with van der Waals surface area (Å²) in [6, 6.07) is 13.1. The fraction of sp³-hybridized carbons (Fsp3) is 0.312. The largest absolute Gasteiger partial charge is 1.00 e. The molecule has 2 aliphatic heterocycles. The minimum absolute atomic E-state index is 0. The Morgan fingerprint density at radius 3 is 2.27 bits per heavy atom. The molecule has 2 aromatic rings. The van der Waals surface area contributed by atoms with Crippen LogP contribution >= 0.6 is 0 Å². The molecule has 0 bridgehead atoms. The van der Waals surface area contributed by atoms with Crippen molar-refractivity contribution in [1.29, 1.82) is 0 Å². The van der Waals surface area contributed by atoms with Crippen LogP contribution in [0.5, 0.6) is 0 Å². The van der Waals surface area contributed by atoms with Crippen molar-refractivity contribution in [3.63, 3.8) is 0 Å². The van der Waals surface area contributed by atoms with Crippen molar-refractivity contribution in [1.82, 2.24) is 0 Å². The van der Waals surface area contributed by atoms with Crippen molar-refractivity contribution >= 4 is 37.3 Å². The molecule has 4 rings (SSSR count). The average Bonchev–Trinajstić information content (AvgIpc) is 3.25. The SMILES string of the molecule is [CH2-]CN1/C(=C/C=C/C(C)=C/C=C/C2=[N+](CCS(=O)(=O)[O-])c3cc[c-]cc3C2(C)C)C(C)(C)c2cc(S(=O)(=O)[O-])ccc21.[Na+].[Na+].[Na+]. The van der Waals surface area contributed by atoms with E-state index in [1.165, 1.54) is 12.1 Å². The van der Waals surface area contributed by atoms with E-state index in [9.17, 15) is 25.9 Å². The summed E-state index contributed by atoms with van der Waals surface area (Å²) >= 11 is 0. The van der Waals surface area contributed by atoms with Crippen LogP contribution in [0.15, 0.2) is 89.0 Å². The number of allylic oxidation sites excluding steroid dienone is 8. The second-order valence-corrected chi connectivity index (χ2v) is 14.4. The molecule has 2 aliphatic rings. The normalized spacial score (nSPS) is 18.1. The first-order valence-corrected chi connectivity index (χ1v) is 16.5. The molecule has 8 nitrogen and oxygen atoms in total. The van der Waals surface area contributed by atoms with Crippen LogP contribution in [0.4, 0.5) is 11.4 Å². The fourth-order valence-electron chi connectivity index (χ4n) is 5.69. The third-order valence-corrected chi connectivity index (χ3v) is 9.42. The molecular formula is C32H35N2Na3O6S2. The molecule has 0 aromatic heterocycles. The molecule has 224 valence electrons. The maximum absolute atomic E-state index is 11.6. The molecule has 0 unspecified atom stereocenters. The third kappa shape index (κ3) is 9.44. The molecule has 0 atom stereocenters. The zero-order valence-corrected chi connectivity index (χ0v) is 35.1. The Labute approximate surface area is 334 Å². The average molecular weight is 677 g/mol. The first-order valence-electron chi connectivity index (χ1n) is 13.5. The van der Waals surface area contributed by atoms with Crippen molar-refractivity contribution in [2.45, 2.75) is 50.3 Å². The van der Waals surface area contributed by atoms with Gasteiger partial charge in [-0.05, 0) is 36.8 Å². The summed E-state index contributed by atoms with van der Waals surface area (Å²) in [4.78, 5) is 1.75. The van der Waals surface area contributed by atoms with Gasteiger partial charge in [0.2, 0.25) is 0 Å². The number of hydrogen-bond acceptors (Lipinski definition) is 7. The minimum Gasteiger partial charge on any atom is -0.748 e. The van der Waals surface area contributed by atoms with E-state index in [0.717, 1.165) is 39.5 Å². The summed E-state index contributed by atoms with van der Waals surface area (Å²) in [5, 5.41) is 0. The van der Waals surface area contributed by atoms with Gasteiger partial charge in [-0.2, -0.15) is 18.2 Å². The Morgan fingerprint density at radius 2 is 1.67 bits per heavy atom. The summed E-state index contributed by atoms with van der Waals surface area (Å²) < 4.78 is 70.9. The molecule has 0 radical (unpaired) electrons. The molecule has 0 fully saturated rings. The Hall–Kier alpha value is -0.310. The summed E-state index contributed by atoms with van der Waals surface area (Å²) in [5.74, 6) is -0.497. The van der Waals surface area contributed by atoms with Crippen molar-refractivity contribution in [3.8, 4) is 0 Å². The maximum atomic E-state index is 11.6. The summed E-state index contributed by atoms with van der Waals surface area (Å²) in [6.45, 7) is 14.5. The van der Waals surface area contributed by atoms with E-state index >= 15 is 0 Å². The van der Waals surface area contributed by atoms with Crippen LogP contribution in [0.1, 0.15) is 45.7 Å². The fourth-order valence-corrected chi connectivity index (χ4v) is 6.60. The molecule has 0 amide bonds. The number of rotatable bonds is 9. The van der Waals surface area contributed by atoms with E-state index in [1.54, 1.807) is 12.1 Å². The zero-order valence-electron chi connectivity index (χ0n) is 27.4. The summed E-state index contributed by atoms with van der Waals surface area (Å²) in [7, 11) is -8.95. The van der Waals surface area contributed by atoms with Gasteiger partial charge in [-0.25, -0.2) is 21.4 Å². The summed E-state index contributed by atoms with van der Waals surface area (Å²) in [5.41, 5.74) is 5.25. The van der Waals surface area contributed by atoms with Gasteiger partial charge >= 0.3 is 88.7 Å². The topological polar surface area (TPSA) is 121 Å². The number of hydrogen-bond donors (Lipinski definition) is 0. The van der Waals surface area contributed by atoms with Crippen molar-refractivity contribution in [2.24, 2.45) is 0 Å². The van der Waals surface area contributed by atoms with E-state index in [-0.39, 0.29) is 100 Å². The van der Waals surface area contributed by atoms with Crippen LogP contribution in [-0.4, -0.2) is 55.1 Å². The molecule has 0 aliphatic carbocycles. The maximum Gasteiger partial charge on any atom is 1.00 e. The molecule has 0 N–H and O–H groups in total. The number of fused-ring (bicyclic) bond motifs is 2. The second-order valence-electron chi connectivity index (χ2n) is 11.5. The van der Waals surface area contributed by atoms with Crippen LogP contribution in [0.3, 0.4) is 0 Å².